The zero-order valence-corrected chi connectivity index (χ0v) is 15.7. The molecule has 0 bridgehead atoms. The Morgan fingerprint density at radius 3 is 2.37 bits per heavy atom. The van der Waals surface area contributed by atoms with Gasteiger partial charge in [-0.25, -0.2) is 4.98 Å². The minimum atomic E-state index is 0.807. The molecule has 136 valence electrons. The van der Waals surface area contributed by atoms with Gasteiger partial charge >= 0.3 is 0 Å². The van der Waals surface area contributed by atoms with Gasteiger partial charge in [0.25, 0.3) is 0 Å². The highest BCUT2D eigenvalue weighted by molar-refractivity contribution is 5.66. The average molecular weight is 357 g/mol. The van der Waals surface area contributed by atoms with Gasteiger partial charge in [-0.05, 0) is 36.9 Å². The number of hydrogen-bond donors (Lipinski definition) is 0. The van der Waals surface area contributed by atoms with E-state index in [1.165, 1.54) is 11.3 Å². The number of imidazole rings is 1. The first-order chi connectivity index (χ1) is 13.2. The lowest BCUT2D eigenvalue weighted by atomic mass is 10.1. The van der Waals surface area contributed by atoms with Crippen LogP contribution in [0, 0.1) is 0 Å². The lowest BCUT2D eigenvalue weighted by molar-refractivity contribution is 0.314. The van der Waals surface area contributed by atoms with E-state index in [-0.39, 0.29) is 0 Å². The molecule has 0 aliphatic heterocycles. The summed E-state index contributed by atoms with van der Waals surface area (Å²) in [5, 5.41) is 0. The van der Waals surface area contributed by atoms with Crippen molar-refractivity contribution in [1.29, 1.82) is 0 Å². The van der Waals surface area contributed by atoms with Crippen molar-refractivity contribution in [1.82, 2.24) is 14.3 Å². The second-order valence-corrected chi connectivity index (χ2v) is 6.72. The number of rotatable bonds is 6. The van der Waals surface area contributed by atoms with E-state index in [4.69, 9.17) is 9.72 Å². The van der Waals surface area contributed by atoms with E-state index in [9.17, 15) is 0 Å². The van der Waals surface area contributed by atoms with E-state index in [2.05, 4.69) is 71.1 Å². The van der Waals surface area contributed by atoms with Gasteiger partial charge in [0.2, 0.25) is 0 Å². The van der Waals surface area contributed by atoms with Crippen LogP contribution in [0.2, 0.25) is 0 Å². The molecule has 0 aliphatic rings. The monoisotopic (exact) mass is 357 g/mol. The first-order valence-corrected chi connectivity index (χ1v) is 9.07. The van der Waals surface area contributed by atoms with Crippen LogP contribution in [0.5, 0.6) is 5.75 Å². The van der Waals surface area contributed by atoms with Crippen LogP contribution in [0.1, 0.15) is 11.3 Å². The zero-order chi connectivity index (χ0) is 18.6. The quantitative estimate of drug-likeness (QED) is 0.503. The van der Waals surface area contributed by atoms with E-state index in [0.717, 1.165) is 35.7 Å². The van der Waals surface area contributed by atoms with Crippen molar-refractivity contribution in [2.45, 2.75) is 13.1 Å². The lowest BCUT2D eigenvalue weighted by Crippen LogP contribution is -2.18. The fourth-order valence-corrected chi connectivity index (χ4v) is 3.38. The largest absolute Gasteiger partial charge is 0.497 e. The van der Waals surface area contributed by atoms with Gasteiger partial charge in [0.15, 0.2) is 0 Å². The zero-order valence-electron chi connectivity index (χ0n) is 15.7. The fourth-order valence-electron chi connectivity index (χ4n) is 3.38. The maximum Gasteiger partial charge on any atom is 0.137 e. The fraction of sp³-hybridized carbons (Fsp3) is 0.174. The summed E-state index contributed by atoms with van der Waals surface area (Å²) in [6, 6.07) is 24.8. The molecule has 0 fully saturated rings. The minimum absolute atomic E-state index is 0.807. The third-order valence-electron chi connectivity index (χ3n) is 4.71. The number of ether oxygens (including phenoxy) is 1. The van der Waals surface area contributed by atoms with Crippen LogP contribution >= 0.6 is 0 Å². The van der Waals surface area contributed by atoms with E-state index in [0.29, 0.717) is 0 Å². The van der Waals surface area contributed by atoms with Crippen LogP contribution in [0.3, 0.4) is 0 Å². The average Bonchev–Trinajstić information content (AvgIpc) is 3.08. The number of pyridine rings is 1. The van der Waals surface area contributed by atoms with E-state index in [1.54, 1.807) is 7.11 Å². The second-order valence-electron chi connectivity index (χ2n) is 6.72. The number of fused-ring (bicyclic) bond motifs is 1. The topological polar surface area (TPSA) is 29.8 Å². The van der Waals surface area contributed by atoms with Gasteiger partial charge in [0.1, 0.15) is 11.4 Å². The van der Waals surface area contributed by atoms with Crippen molar-refractivity contribution in [2.75, 3.05) is 14.2 Å². The summed E-state index contributed by atoms with van der Waals surface area (Å²) in [5.41, 5.74) is 5.63. The molecular weight excluding hydrogens is 334 g/mol. The maximum atomic E-state index is 5.25. The predicted molar refractivity (Wildman–Crippen MR) is 109 cm³/mol. The van der Waals surface area contributed by atoms with Gasteiger partial charge in [-0.3, -0.25) is 4.90 Å². The first-order valence-electron chi connectivity index (χ1n) is 9.07. The molecule has 4 nitrogen and oxygen atoms in total. The Labute approximate surface area is 159 Å². The third kappa shape index (κ3) is 3.71. The number of benzene rings is 2. The summed E-state index contributed by atoms with van der Waals surface area (Å²) in [5.74, 6) is 0.884. The molecule has 2 aromatic carbocycles. The molecule has 4 aromatic rings. The highest BCUT2D eigenvalue weighted by Gasteiger charge is 2.15. The lowest BCUT2D eigenvalue weighted by Gasteiger charge is -2.18. The van der Waals surface area contributed by atoms with Gasteiger partial charge in [-0.15, -0.1) is 0 Å². The highest BCUT2D eigenvalue weighted by Crippen LogP contribution is 2.25. The van der Waals surface area contributed by atoms with E-state index >= 15 is 0 Å². The van der Waals surface area contributed by atoms with Crippen LogP contribution in [0.15, 0.2) is 79.0 Å². The Morgan fingerprint density at radius 2 is 1.63 bits per heavy atom. The molecular formula is C23H23N3O. The van der Waals surface area contributed by atoms with Gasteiger partial charge in [-0.1, -0.05) is 48.5 Å². The summed E-state index contributed by atoms with van der Waals surface area (Å²) in [6.07, 6.45) is 2.09. The summed E-state index contributed by atoms with van der Waals surface area (Å²) in [4.78, 5) is 7.20. The van der Waals surface area contributed by atoms with Crippen molar-refractivity contribution in [3.05, 3.63) is 90.3 Å². The number of hydrogen-bond acceptors (Lipinski definition) is 3. The third-order valence-corrected chi connectivity index (χ3v) is 4.71. The standard InChI is InChI=1S/C23H23N3O/c1-25(16-18-11-13-20(27-2)14-12-18)17-21-23(19-8-4-3-5-9-19)24-22-10-6-7-15-26(21)22/h3-15H,16-17H2,1-2H3. The highest BCUT2D eigenvalue weighted by atomic mass is 16.5. The summed E-state index contributed by atoms with van der Waals surface area (Å²) in [6.45, 7) is 1.67. The van der Waals surface area contributed by atoms with Crippen molar-refractivity contribution in [3.8, 4) is 17.0 Å². The van der Waals surface area contributed by atoms with Crippen LogP contribution in [-0.4, -0.2) is 28.4 Å². The molecule has 0 unspecified atom stereocenters. The molecule has 0 atom stereocenters. The predicted octanol–water partition coefficient (Wildman–Crippen LogP) is 4.64. The Hall–Kier alpha value is -3.11. The number of aromatic nitrogens is 2. The second kappa shape index (κ2) is 7.64. The van der Waals surface area contributed by atoms with Crippen molar-refractivity contribution < 1.29 is 4.74 Å². The summed E-state index contributed by atoms with van der Waals surface area (Å²) in [7, 11) is 3.83. The summed E-state index contributed by atoms with van der Waals surface area (Å²) < 4.78 is 7.43. The SMILES string of the molecule is COc1ccc(CN(C)Cc2c(-c3ccccc3)nc3ccccn23)cc1. The Balaban J connectivity index is 1.64. The Bertz CT molecular complexity index is 1020. The normalized spacial score (nSPS) is 11.2. The van der Waals surface area contributed by atoms with Crippen molar-refractivity contribution in [3.63, 3.8) is 0 Å². The minimum Gasteiger partial charge on any atom is -0.497 e. The molecule has 0 saturated heterocycles. The van der Waals surface area contributed by atoms with Gasteiger partial charge in [-0.2, -0.15) is 0 Å². The molecule has 0 N–H and O–H groups in total. The summed E-state index contributed by atoms with van der Waals surface area (Å²) >= 11 is 0. The molecule has 0 spiro atoms. The van der Waals surface area contributed by atoms with Crippen molar-refractivity contribution in [2.24, 2.45) is 0 Å². The molecule has 0 saturated carbocycles. The van der Waals surface area contributed by atoms with Crippen LogP contribution in [-0.2, 0) is 13.1 Å². The van der Waals surface area contributed by atoms with Crippen LogP contribution < -0.4 is 4.74 Å². The molecule has 4 rings (SSSR count). The molecule has 2 aromatic heterocycles. The smallest absolute Gasteiger partial charge is 0.137 e. The van der Waals surface area contributed by atoms with Crippen LogP contribution in [0.4, 0.5) is 0 Å². The Morgan fingerprint density at radius 1 is 0.889 bits per heavy atom. The van der Waals surface area contributed by atoms with Gasteiger partial charge in [0.05, 0.1) is 18.5 Å². The molecule has 2 heterocycles. The molecule has 4 heteroatoms. The van der Waals surface area contributed by atoms with Crippen LogP contribution in [0.25, 0.3) is 16.9 Å². The molecule has 0 amide bonds. The van der Waals surface area contributed by atoms with E-state index < -0.39 is 0 Å². The first kappa shape index (κ1) is 17.3. The molecule has 0 radical (unpaired) electrons. The molecule has 27 heavy (non-hydrogen) atoms. The number of methoxy groups -OCH3 is 1. The number of nitrogens with zero attached hydrogens (tertiary/aromatic N) is 3. The van der Waals surface area contributed by atoms with Gasteiger partial charge < -0.3 is 9.14 Å². The molecule has 0 aliphatic carbocycles. The maximum absolute atomic E-state index is 5.25. The Kier molecular flexibility index (Phi) is 4.90. The van der Waals surface area contributed by atoms with Gasteiger partial charge in [0, 0.05) is 24.8 Å². The van der Waals surface area contributed by atoms with Crippen molar-refractivity contribution >= 4 is 5.65 Å². The van der Waals surface area contributed by atoms with E-state index in [1.807, 2.05) is 24.3 Å².